The summed E-state index contributed by atoms with van der Waals surface area (Å²) in [4.78, 5) is 0. The lowest BCUT2D eigenvalue weighted by atomic mass is 10.2. The van der Waals surface area contributed by atoms with E-state index >= 15 is 0 Å². The van der Waals surface area contributed by atoms with E-state index in [4.69, 9.17) is 0 Å². The molecule has 6 heteroatoms. The van der Waals surface area contributed by atoms with Gasteiger partial charge in [-0.3, -0.25) is 9.40 Å². The van der Waals surface area contributed by atoms with Crippen molar-refractivity contribution in [2.45, 2.75) is 11.9 Å². The highest BCUT2D eigenvalue weighted by Crippen LogP contribution is 2.23. The number of nitrogens with one attached hydrogen (secondary N) is 1. The van der Waals surface area contributed by atoms with Gasteiger partial charge >= 0.3 is 0 Å². The number of para-hydroxylation sites is 1. The lowest BCUT2D eigenvalue weighted by Gasteiger charge is -2.20. The molecule has 2 rings (SSSR count). The van der Waals surface area contributed by atoms with Gasteiger partial charge in [-0.05, 0) is 24.6 Å². The van der Waals surface area contributed by atoms with Crippen molar-refractivity contribution in [1.82, 2.24) is 10.2 Å². The monoisotopic (exact) mass is 251 g/mol. The fourth-order valence-corrected chi connectivity index (χ4v) is 2.74. The van der Waals surface area contributed by atoms with Gasteiger partial charge in [-0.15, -0.1) is 0 Å². The second-order valence-corrected chi connectivity index (χ2v) is 5.62. The zero-order valence-electron chi connectivity index (χ0n) is 9.58. The topological polar surface area (TPSA) is 66.1 Å². The van der Waals surface area contributed by atoms with Crippen LogP contribution < -0.4 is 4.31 Å². The summed E-state index contributed by atoms with van der Waals surface area (Å²) < 4.78 is 25.6. The minimum atomic E-state index is -3.56. The third kappa shape index (κ3) is 2.03. The van der Waals surface area contributed by atoms with Gasteiger partial charge < -0.3 is 0 Å². The van der Waals surface area contributed by atoms with E-state index in [9.17, 15) is 8.42 Å². The Morgan fingerprint density at radius 3 is 2.53 bits per heavy atom. The zero-order chi connectivity index (χ0) is 12.5. The molecule has 0 saturated heterocycles. The fourth-order valence-electron chi connectivity index (χ4n) is 1.58. The van der Waals surface area contributed by atoms with Crippen molar-refractivity contribution in [1.29, 1.82) is 0 Å². The normalized spacial score (nSPS) is 11.4. The molecule has 0 aliphatic rings. The third-order valence-corrected chi connectivity index (χ3v) is 4.27. The Hall–Kier alpha value is -1.82. The largest absolute Gasteiger partial charge is 0.281 e. The highest BCUT2D eigenvalue weighted by atomic mass is 32.2. The second-order valence-electron chi connectivity index (χ2n) is 3.68. The Morgan fingerprint density at radius 1 is 1.24 bits per heavy atom. The number of aromatic amines is 1. The van der Waals surface area contributed by atoms with Gasteiger partial charge in [0, 0.05) is 7.05 Å². The number of benzene rings is 1. The summed E-state index contributed by atoms with van der Waals surface area (Å²) in [5.74, 6) is 0. The lowest BCUT2D eigenvalue weighted by Crippen LogP contribution is -2.27. The van der Waals surface area contributed by atoms with E-state index in [1.54, 1.807) is 12.1 Å². The molecule has 1 aromatic carbocycles. The van der Waals surface area contributed by atoms with Gasteiger partial charge in [-0.2, -0.15) is 13.5 Å². The summed E-state index contributed by atoms with van der Waals surface area (Å²) >= 11 is 0. The van der Waals surface area contributed by atoms with Crippen LogP contribution in [0.15, 0.2) is 41.6 Å². The molecule has 1 N–H and O–H groups in total. The van der Waals surface area contributed by atoms with E-state index in [-0.39, 0.29) is 5.03 Å². The minimum Gasteiger partial charge on any atom is -0.268 e. The van der Waals surface area contributed by atoms with Crippen LogP contribution in [-0.2, 0) is 10.0 Å². The number of sulfonamides is 1. The first-order valence-electron chi connectivity index (χ1n) is 5.07. The Bertz CT molecular complexity index is 605. The first-order valence-corrected chi connectivity index (χ1v) is 6.51. The smallest absolute Gasteiger partial charge is 0.268 e. The van der Waals surface area contributed by atoms with E-state index < -0.39 is 10.0 Å². The predicted molar refractivity (Wildman–Crippen MR) is 65.4 cm³/mol. The van der Waals surface area contributed by atoms with Crippen molar-refractivity contribution in [3.8, 4) is 0 Å². The van der Waals surface area contributed by atoms with Gasteiger partial charge in [-0.25, -0.2) is 0 Å². The molecule has 5 nitrogen and oxygen atoms in total. The van der Waals surface area contributed by atoms with Crippen LogP contribution >= 0.6 is 0 Å². The molecule has 0 fully saturated rings. The number of hydrogen-bond acceptors (Lipinski definition) is 3. The summed E-state index contributed by atoms with van der Waals surface area (Å²) in [6.07, 6.45) is 1.42. The number of anilines is 1. The average Bonchev–Trinajstić information content (AvgIpc) is 2.83. The molecule has 0 amide bonds. The van der Waals surface area contributed by atoms with Gasteiger partial charge in [0.25, 0.3) is 10.0 Å². The van der Waals surface area contributed by atoms with E-state index in [1.807, 2.05) is 19.1 Å². The van der Waals surface area contributed by atoms with Crippen LogP contribution in [0, 0.1) is 6.92 Å². The van der Waals surface area contributed by atoms with Gasteiger partial charge in [0.1, 0.15) is 0 Å². The van der Waals surface area contributed by atoms with Crippen LogP contribution in [0.25, 0.3) is 0 Å². The number of aryl methyl sites for hydroxylation is 1. The maximum Gasteiger partial charge on any atom is 0.281 e. The van der Waals surface area contributed by atoms with Crippen LogP contribution in [0.2, 0.25) is 0 Å². The second kappa shape index (κ2) is 4.21. The number of aromatic nitrogens is 2. The molecule has 0 bridgehead atoms. The summed E-state index contributed by atoms with van der Waals surface area (Å²) in [6, 6.07) is 8.75. The highest BCUT2D eigenvalue weighted by Gasteiger charge is 2.23. The molecule has 0 spiro atoms. The van der Waals surface area contributed by atoms with Crippen molar-refractivity contribution in [3.63, 3.8) is 0 Å². The van der Waals surface area contributed by atoms with Crippen molar-refractivity contribution in [2.75, 3.05) is 11.4 Å². The summed E-state index contributed by atoms with van der Waals surface area (Å²) in [5.41, 5.74) is 1.56. The van der Waals surface area contributed by atoms with Crippen LogP contribution in [-0.4, -0.2) is 25.7 Å². The van der Waals surface area contributed by atoms with Crippen LogP contribution in [0.3, 0.4) is 0 Å². The number of nitrogens with zero attached hydrogens (tertiary/aromatic N) is 2. The standard InChI is InChI=1S/C11H13N3O2S/c1-9-5-3-4-6-10(9)14(2)17(15,16)11-7-8-12-13-11/h3-8H,1-2H3,(H,12,13). The molecule has 0 saturated carbocycles. The number of rotatable bonds is 3. The molecule has 2 aromatic rings. The van der Waals surface area contributed by atoms with Crippen LogP contribution in [0.5, 0.6) is 0 Å². The maximum atomic E-state index is 12.2. The predicted octanol–water partition coefficient (Wildman–Crippen LogP) is 1.54. The molecular weight excluding hydrogens is 238 g/mol. The Morgan fingerprint density at radius 2 is 1.94 bits per heavy atom. The van der Waals surface area contributed by atoms with Crippen LogP contribution in [0.4, 0.5) is 5.69 Å². The summed E-state index contributed by atoms with van der Waals surface area (Å²) in [6.45, 7) is 1.87. The van der Waals surface area contributed by atoms with Gasteiger partial charge in [-0.1, -0.05) is 18.2 Å². The van der Waals surface area contributed by atoms with Gasteiger partial charge in [0.05, 0.1) is 11.9 Å². The molecule has 0 radical (unpaired) electrons. The molecule has 0 unspecified atom stereocenters. The van der Waals surface area contributed by atoms with E-state index in [0.29, 0.717) is 5.69 Å². The third-order valence-electron chi connectivity index (χ3n) is 2.57. The summed E-state index contributed by atoms with van der Waals surface area (Å²) in [7, 11) is -2.03. The van der Waals surface area contributed by atoms with Crippen molar-refractivity contribution >= 4 is 15.7 Å². The maximum absolute atomic E-state index is 12.2. The first-order chi connectivity index (χ1) is 8.03. The Kier molecular flexibility index (Phi) is 2.89. The van der Waals surface area contributed by atoms with Crippen molar-refractivity contribution < 1.29 is 8.42 Å². The van der Waals surface area contributed by atoms with Crippen molar-refractivity contribution in [3.05, 3.63) is 42.1 Å². The first kappa shape index (κ1) is 11.7. The molecule has 0 atom stereocenters. The van der Waals surface area contributed by atoms with Gasteiger partial charge in [0.15, 0.2) is 5.03 Å². The molecule has 1 aromatic heterocycles. The lowest BCUT2D eigenvalue weighted by molar-refractivity contribution is 0.590. The quantitative estimate of drug-likeness (QED) is 0.900. The van der Waals surface area contributed by atoms with Crippen molar-refractivity contribution in [2.24, 2.45) is 0 Å². The summed E-state index contributed by atoms with van der Waals surface area (Å²) in [5, 5.41) is 6.21. The van der Waals surface area contributed by atoms with Crippen LogP contribution in [0.1, 0.15) is 5.56 Å². The SMILES string of the molecule is Cc1ccccc1N(C)S(=O)(=O)c1ccn[nH]1. The average molecular weight is 251 g/mol. The Balaban J connectivity index is 2.46. The van der Waals surface area contributed by atoms with E-state index in [0.717, 1.165) is 5.56 Å². The number of H-pyrrole nitrogens is 1. The molecular formula is C11H13N3O2S. The van der Waals surface area contributed by atoms with E-state index in [1.165, 1.54) is 23.6 Å². The Labute approximate surface area is 100 Å². The molecule has 1 heterocycles. The molecule has 0 aliphatic carbocycles. The number of hydrogen-bond donors (Lipinski definition) is 1. The highest BCUT2D eigenvalue weighted by molar-refractivity contribution is 7.92. The fraction of sp³-hybridized carbons (Fsp3) is 0.182. The molecule has 17 heavy (non-hydrogen) atoms. The molecule has 90 valence electrons. The zero-order valence-corrected chi connectivity index (χ0v) is 10.4. The van der Waals surface area contributed by atoms with Gasteiger partial charge in [0.2, 0.25) is 0 Å². The molecule has 0 aliphatic heterocycles. The van der Waals surface area contributed by atoms with E-state index in [2.05, 4.69) is 10.2 Å². The minimum absolute atomic E-state index is 0.0863.